The van der Waals surface area contributed by atoms with Crippen LogP contribution in [0.5, 0.6) is 0 Å². The molecule has 0 N–H and O–H groups in total. The molecule has 2 heterocycles. The zero-order chi connectivity index (χ0) is 23.4. The van der Waals surface area contributed by atoms with Gasteiger partial charge in [-0.15, -0.1) is 0 Å². The number of rotatable bonds is 4. The van der Waals surface area contributed by atoms with E-state index in [1.165, 1.54) is 48.5 Å². The van der Waals surface area contributed by atoms with Crippen molar-refractivity contribution in [2.75, 3.05) is 9.80 Å². The van der Waals surface area contributed by atoms with Crippen LogP contribution in [0.4, 0.5) is 11.4 Å². The number of anilines is 2. The fourth-order valence-corrected chi connectivity index (χ4v) is 2.80. The molecule has 0 fully saturated rings. The molecule has 0 unspecified atom stereocenters. The summed E-state index contributed by atoms with van der Waals surface area (Å²) in [6.07, 6.45) is 4.65. The second kappa shape index (κ2) is 10.8. The Morgan fingerprint density at radius 1 is 0.515 bits per heavy atom. The van der Waals surface area contributed by atoms with E-state index in [2.05, 4.69) is 0 Å². The number of hydrogen-bond acceptors (Lipinski definition) is 8. The van der Waals surface area contributed by atoms with Crippen molar-refractivity contribution in [2.24, 2.45) is 0 Å². The minimum atomic E-state index is -1.30. The van der Waals surface area contributed by atoms with E-state index in [4.69, 9.17) is 0 Å². The van der Waals surface area contributed by atoms with Crippen molar-refractivity contribution >= 4 is 84.7 Å². The van der Waals surface area contributed by atoms with E-state index in [0.717, 1.165) is 34.1 Å². The van der Waals surface area contributed by atoms with E-state index >= 15 is 0 Å². The molecule has 4 rings (SSSR count). The summed E-state index contributed by atoms with van der Waals surface area (Å²) in [7, 11) is 0. The van der Waals surface area contributed by atoms with Gasteiger partial charge in [0.2, 0.25) is 0 Å². The number of hydrogen-bond donors (Lipinski definition) is 0. The van der Waals surface area contributed by atoms with Crippen molar-refractivity contribution in [3.63, 3.8) is 0 Å². The molecule has 0 atom stereocenters. The Kier molecular flexibility index (Phi) is 8.41. The summed E-state index contributed by atoms with van der Waals surface area (Å²) in [5.74, 6) is -4.36. The van der Waals surface area contributed by atoms with E-state index in [0.29, 0.717) is 11.4 Å². The molecule has 0 radical (unpaired) electrons. The third kappa shape index (κ3) is 5.80. The van der Waals surface area contributed by atoms with Gasteiger partial charge in [0.1, 0.15) is 0 Å². The number of carbonyl (C=O) groups excluding carboxylic acids is 6. The van der Waals surface area contributed by atoms with Gasteiger partial charge in [-0.05, 0) is 35.4 Å². The maximum Gasteiger partial charge on any atom is 2.00 e. The third-order valence-corrected chi connectivity index (χ3v) is 4.34. The van der Waals surface area contributed by atoms with Crippen LogP contribution in [0.3, 0.4) is 0 Å². The fourth-order valence-electron chi connectivity index (χ4n) is 2.80. The number of carboxylic acid groups (broad SMARTS) is 2. The van der Waals surface area contributed by atoms with Crippen LogP contribution in [-0.2, 0) is 19.2 Å². The molecule has 2 aromatic carbocycles. The first-order valence-corrected chi connectivity index (χ1v) is 8.94. The van der Waals surface area contributed by atoms with E-state index < -0.39 is 35.6 Å². The minimum absolute atomic E-state index is 0. The molecule has 160 valence electrons. The van der Waals surface area contributed by atoms with Crippen LogP contribution >= 0.6 is 0 Å². The van der Waals surface area contributed by atoms with Crippen molar-refractivity contribution in [3.8, 4) is 0 Å². The van der Waals surface area contributed by atoms with E-state index in [9.17, 15) is 39.0 Å². The molecule has 0 saturated carbocycles. The summed E-state index contributed by atoms with van der Waals surface area (Å²) in [5, 5.41) is 21.0. The average molecular weight is 472 g/mol. The molecule has 0 aliphatic carbocycles. The van der Waals surface area contributed by atoms with E-state index in [1.54, 1.807) is 0 Å². The molecule has 0 aromatic heterocycles. The quantitative estimate of drug-likeness (QED) is 0.388. The standard InChI is InChI=1S/2C11H7NO4.Ca/c2*13-9-5-6-10(14)12(9)8-3-1-7(2-4-8)11(15)16;/h2*1-6H,(H,15,16);/q;;+2/p-2. The number of carboxylic acids is 2. The smallest absolute Gasteiger partial charge is 0.545 e. The van der Waals surface area contributed by atoms with Gasteiger partial charge >= 0.3 is 37.7 Å². The van der Waals surface area contributed by atoms with Crippen molar-refractivity contribution in [1.82, 2.24) is 0 Å². The summed E-state index contributed by atoms with van der Waals surface area (Å²) < 4.78 is 0. The zero-order valence-corrected chi connectivity index (χ0v) is 19.0. The Morgan fingerprint density at radius 2 is 0.758 bits per heavy atom. The van der Waals surface area contributed by atoms with Gasteiger partial charge < -0.3 is 19.8 Å². The molecular weight excluding hydrogens is 460 g/mol. The minimum Gasteiger partial charge on any atom is -0.545 e. The van der Waals surface area contributed by atoms with Crippen molar-refractivity contribution in [3.05, 3.63) is 84.0 Å². The molecule has 2 aliphatic rings. The van der Waals surface area contributed by atoms with Crippen LogP contribution in [0, 0.1) is 0 Å². The normalized spacial score (nSPS) is 14.2. The molecule has 33 heavy (non-hydrogen) atoms. The molecular formula is C22H12CaN2O8. The van der Waals surface area contributed by atoms with Crippen molar-refractivity contribution in [2.45, 2.75) is 0 Å². The molecule has 11 heteroatoms. The molecule has 2 aliphatic heterocycles. The largest absolute Gasteiger partial charge is 2.00 e. The van der Waals surface area contributed by atoms with Crippen LogP contribution in [0.2, 0.25) is 0 Å². The maximum atomic E-state index is 11.3. The number of carbonyl (C=O) groups is 6. The average Bonchev–Trinajstić information content (AvgIpc) is 3.28. The number of amides is 4. The Labute approximate surface area is 216 Å². The first kappa shape index (κ1) is 25.7. The predicted molar refractivity (Wildman–Crippen MR) is 111 cm³/mol. The maximum absolute atomic E-state index is 11.3. The topological polar surface area (TPSA) is 155 Å². The summed E-state index contributed by atoms with van der Waals surface area (Å²) in [4.78, 5) is 68.1. The second-order valence-corrected chi connectivity index (χ2v) is 6.36. The van der Waals surface area contributed by atoms with Crippen LogP contribution in [0.15, 0.2) is 72.8 Å². The number of aromatic carboxylic acids is 2. The van der Waals surface area contributed by atoms with Gasteiger partial charge in [-0.3, -0.25) is 19.2 Å². The van der Waals surface area contributed by atoms with Crippen molar-refractivity contribution in [1.29, 1.82) is 0 Å². The Morgan fingerprint density at radius 3 is 0.970 bits per heavy atom. The number of nitrogens with zero attached hydrogens (tertiary/aromatic N) is 2. The van der Waals surface area contributed by atoms with Gasteiger partial charge in [0.15, 0.2) is 0 Å². The first-order valence-electron chi connectivity index (χ1n) is 8.94. The van der Waals surface area contributed by atoms with Crippen LogP contribution < -0.4 is 20.0 Å². The first-order chi connectivity index (χ1) is 15.2. The molecule has 2 aromatic rings. The summed E-state index contributed by atoms with van der Waals surface area (Å²) in [6, 6.07) is 10.7. The van der Waals surface area contributed by atoms with Crippen LogP contribution in [0.1, 0.15) is 20.7 Å². The zero-order valence-electron chi connectivity index (χ0n) is 16.8. The van der Waals surface area contributed by atoms with E-state index in [1.807, 2.05) is 0 Å². The van der Waals surface area contributed by atoms with Crippen LogP contribution in [0.25, 0.3) is 0 Å². The summed E-state index contributed by atoms with van der Waals surface area (Å²) >= 11 is 0. The van der Waals surface area contributed by atoms with Gasteiger partial charge in [-0.1, -0.05) is 24.3 Å². The summed E-state index contributed by atoms with van der Waals surface area (Å²) in [5.41, 5.74) is 0.668. The monoisotopic (exact) mass is 472 g/mol. The number of imide groups is 2. The Balaban J connectivity index is 0.000000227. The van der Waals surface area contributed by atoms with Gasteiger partial charge in [-0.2, -0.15) is 0 Å². The molecule has 0 spiro atoms. The van der Waals surface area contributed by atoms with Gasteiger partial charge in [0, 0.05) is 24.3 Å². The van der Waals surface area contributed by atoms with Gasteiger partial charge in [0.25, 0.3) is 23.6 Å². The second-order valence-electron chi connectivity index (χ2n) is 6.36. The van der Waals surface area contributed by atoms with E-state index in [-0.39, 0.29) is 48.9 Å². The number of benzene rings is 2. The molecule has 10 nitrogen and oxygen atoms in total. The molecule has 0 saturated heterocycles. The SMILES string of the molecule is O=C([O-])c1ccc(N2C(=O)C=CC2=O)cc1.O=C([O-])c1ccc(N2C(=O)C=CC2=O)cc1.[Ca+2]. The molecule has 4 amide bonds. The van der Waals surface area contributed by atoms with Gasteiger partial charge in [0.05, 0.1) is 23.3 Å². The summed E-state index contributed by atoms with van der Waals surface area (Å²) in [6.45, 7) is 0. The van der Waals surface area contributed by atoms with Crippen molar-refractivity contribution < 1.29 is 39.0 Å². The van der Waals surface area contributed by atoms with Crippen LogP contribution in [-0.4, -0.2) is 73.3 Å². The fraction of sp³-hybridized carbons (Fsp3) is 0. The third-order valence-electron chi connectivity index (χ3n) is 4.34. The predicted octanol–water partition coefficient (Wildman–Crippen LogP) is -1.42. The Hall–Kier alpha value is -3.60. The Bertz CT molecular complexity index is 1070. The molecule has 0 bridgehead atoms. The van der Waals surface area contributed by atoms with Gasteiger partial charge in [-0.25, -0.2) is 9.80 Å².